The van der Waals surface area contributed by atoms with E-state index in [-0.39, 0.29) is 6.04 Å². The monoisotopic (exact) mass is 365 g/mol. The van der Waals surface area contributed by atoms with Gasteiger partial charge in [-0.1, -0.05) is 6.07 Å². The van der Waals surface area contributed by atoms with Crippen LogP contribution in [0.3, 0.4) is 0 Å². The molecule has 2 aromatic heterocycles. The van der Waals surface area contributed by atoms with Gasteiger partial charge in [0.2, 0.25) is 5.88 Å². The second-order valence-corrected chi connectivity index (χ2v) is 6.71. The van der Waals surface area contributed by atoms with Crippen LogP contribution in [-0.4, -0.2) is 35.1 Å². The average Bonchev–Trinajstić information content (AvgIpc) is 3.09. The minimum Gasteiger partial charge on any atom is -0.481 e. The summed E-state index contributed by atoms with van der Waals surface area (Å²) in [7, 11) is 1.59. The smallest absolute Gasteiger partial charge is 0.417 e. The summed E-state index contributed by atoms with van der Waals surface area (Å²) in [5.41, 5.74) is 0.892. The number of methoxy groups -OCH3 is 1. The third-order valence-electron chi connectivity index (χ3n) is 4.89. The van der Waals surface area contributed by atoms with Crippen molar-refractivity contribution in [2.24, 2.45) is 5.92 Å². The van der Waals surface area contributed by atoms with Crippen LogP contribution in [0, 0.1) is 5.92 Å². The van der Waals surface area contributed by atoms with E-state index in [1.54, 1.807) is 7.11 Å². The number of hydrogen-bond acceptors (Lipinski definition) is 4. The van der Waals surface area contributed by atoms with Crippen molar-refractivity contribution < 1.29 is 17.9 Å². The lowest BCUT2D eigenvalue weighted by molar-refractivity contribution is -0.137. The highest BCUT2D eigenvalue weighted by atomic mass is 19.4. The molecule has 3 heterocycles. The van der Waals surface area contributed by atoms with Crippen LogP contribution in [-0.2, 0) is 12.6 Å². The zero-order chi connectivity index (χ0) is 18.7. The van der Waals surface area contributed by atoms with Gasteiger partial charge < -0.3 is 4.74 Å². The molecule has 0 amide bonds. The van der Waals surface area contributed by atoms with E-state index in [9.17, 15) is 13.2 Å². The fourth-order valence-electron chi connectivity index (χ4n) is 3.43. The van der Waals surface area contributed by atoms with Crippen molar-refractivity contribution in [1.29, 1.82) is 0 Å². The summed E-state index contributed by atoms with van der Waals surface area (Å²) in [5, 5.41) is 0. The first kappa shape index (κ1) is 18.6. The minimum atomic E-state index is -4.35. The molecule has 0 aromatic carbocycles. The van der Waals surface area contributed by atoms with Crippen LogP contribution in [0.4, 0.5) is 13.2 Å². The molecule has 0 N–H and O–H groups in total. The zero-order valence-corrected chi connectivity index (χ0v) is 14.8. The summed E-state index contributed by atoms with van der Waals surface area (Å²) >= 11 is 0. The number of nitrogens with zero attached hydrogens (tertiary/aromatic N) is 3. The van der Waals surface area contributed by atoms with E-state index in [2.05, 4.69) is 21.8 Å². The van der Waals surface area contributed by atoms with Gasteiger partial charge in [0.15, 0.2) is 0 Å². The molecule has 1 unspecified atom stereocenters. The second-order valence-electron chi connectivity index (χ2n) is 6.71. The first-order valence-electron chi connectivity index (χ1n) is 8.63. The van der Waals surface area contributed by atoms with Crippen LogP contribution in [0.1, 0.15) is 36.2 Å². The molecule has 140 valence electrons. The van der Waals surface area contributed by atoms with Crippen molar-refractivity contribution >= 4 is 0 Å². The lowest BCUT2D eigenvalue weighted by atomic mass is 9.99. The largest absolute Gasteiger partial charge is 0.481 e. The molecule has 0 spiro atoms. The van der Waals surface area contributed by atoms with Gasteiger partial charge in [-0.25, -0.2) is 4.98 Å². The van der Waals surface area contributed by atoms with Gasteiger partial charge in [-0.3, -0.25) is 9.88 Å². The second kappa shape index (κ2) is 7.61. The number of hydrogen-bond donors (Lipinski definition) is 0. The maximum absolute atomic E-state index is 12.8. The predicted octanol–water partition coefficient (Wildman–Crippen LogP) is 4.13. The molecule has 1 aliphatic heterocycles. The first-order chi connectivity index (χ1) is 12.4. The van der Waals surface area contributed by atoms with Crippen molar-refractivity contribution in [2.45, 2.75) is 32.0 Å². The van der Waals surface area contributed by atoms with Crippen LogP contribution in [0.25, 0.3) is 0 Å². The van der Waals surface area contributed by atoms with Crippen molar-refractivity contribution in [3.05, 3.63) is 53.5 Å². The number of halogens is 3. The fraction of sp³-hybridized carbons (Fsp3) is 0.474. The summed E-state index contributed by atoms with van der Waals surface area (Å²) in [4.78, 5) is 10.6. The third-order valence-corrected chi connectivity index (χ3v) is 4.89. The molecule has 2 atom stereocenters. The Bertz CT molecular complexity index is 751. The Morgan fingerprint density at radius 1 is 1.31 bits per heavy atom. The molecule has 1 saturated heterocycles. The molecule has 1 aliphatic rings. The highest BCUT2D eigenvalue weighted by Crippen LogP contribution is 2.31. The van der Waals surface area contributed by atoms with Crippen LogP contribution >= 0.6 is 0 Å². The van der Waals surface area contributed by atoms with Crippen LogP contribution in [0.15, 0.2) is 36.7 Å². The molecule has 2 aromatic rings. The molecule has 3 rings (SSSR count). The van der Waals surface area contributed by atoms with Gasteiger partial charge in [-0.2, -0.15) is 13.2 Å². The summed E-state index contributed by atoms with van der Waals surface area (Å²) in [5.74, 6) is 0.897. The summed E-state index contributed by atoms with van der Waals surface area (Å²) in [6.45, 7) is 3.82. The van der Waals surface area contributed by atoms with Crippen molar-refractivity contribution in [2.75, 3.05) is 20.2 Å². The number of pyridine rings is 2. The van der Waals surface area contributed by atoms with E-state index < -0.39 is 11.7 Å². The Hall–Kier alpha value is -2.15. The predicted molar refractivity (Wildman–Crippen MR) is 91.8 cm³/mol. The van der Waals surface area contributed by atoms with Crippen molar-refractivity contribution in [3.8, 4) is 5.88 Å². The maximum atomic E-state index is 12.8. The van der Waals surface area contributed by atoms with Gasteiger partial charge in [0.25, 0.3) is 0 Å². The number of aromatic nitrogens is 2. The molecule has 1 fully saturated rings. The summed E-state index contributed by atoms with van der Waals surface area (Å²) < 4.78 is 43.7. The number of likely N-dealkylation sites (tertiary alicyclic amines) is 1. The third kappa shape index (κ3) is 4.33. The Morgan fingerprint density at radius 2 is 2.12 bits per heavy atom. The average molecular weight is 365 g/mol. The lowest BCUT2D eigenvalue weighted by Crippen LogP contribution is -2.25. The zero-order valence-electron chi connectivity index (χ0n) is 14.8. The van der Waals surface area contributed by atoms with Gasteiger partial charge in [-0.05, 0) is 49.9 Å². The molecule has 4 nitrogen and oxygen atoms in total. The number of ether oxygens (including phenoxy) is 1. The Kier molecular flexibility index (Phi) is 5.46. The summed E-state index contributed by atoms with van der Waals surface area (Å²) in [6, 6.07) is 7.04. The topological polar surface area (TPSA) is 38.2 Å². The van der Waals surface area contributed by atoms with Crippen LogP contribution in [0.5, 0.6) is 5.88 Å². The molecule has 26 heavy (non-hydrogen) atoms. The molecular weight excluding hydrogens is 343 g/mol. The number of rotatable bonds is 5. The van der Waals surface area contributed by atoms with Gasteiger partial charge in [0.05, 0.1) is 18.4 Å². The van der Waals surface area contributed by atoms with Crippen molar-refractivity contribution in [1.82, 2.24) is 14.9 Å². The van der Waals surface area contributed by atoms with E-state index in [1.807, 2.05) is 18.2 Å². The Balaban J connectivity index is 1.63. The molecule has 0 bridgehead atoms. The van der Waals surface area contributed by atoms with Crippen LogP contribution in [0.2, 0.25) is 0 Å². The van der Waals surface area contributed by atoms with Gasteiger partial charge >= 0.3 is 6.18 Å². The highest BCUT2D eigenvalue weighted by molar-refractivity contribution is 5.22. The fourth-order valence-corrected chi connectivity index (χ4v) is 3.43. The Labute approximate surface area is 151 Å². The first-order valence-corrected chi connectivity index (χ1v) is 8.63. The van der Waals surface area contributed by atoms with Crippen molar-refractivity contribution in [3.63, 3.8) is 0 Å². The molecule has 0 aliphatic carbocycles. The summed E-state index contributed by atoms with van der Waals surface area (Å²) in [6.07, 6.45) is -0.389. The van der Waals surface area contributed by atoms with Crippen LogP contribution < -0.4 is 4.74 Å². The van der Waals surface area contributed by atoms with E-state index in [0.717, 1.165) is 31.4 Å². The highest BCUT2D eigenvalue weighted by Gasteiger charge is 2.32. The van der Waals surface area contributed by atoms with Gasteiger partial charge in [-0.15, -0.1) is 0 Å². The normalized spacial score (nSPS) is 19.5. The van der Waals surface area contributed by atoms with E-state index >= 15 is 0 Å². The molecule has 7 heteroatoms. The maximum Gasteiger partial charge on any atom is 0.417 e. The SMILES string of the molecule is COc1cccc(C(C)N2CC[C@H](Cc3cncc(C(F)(F)F)c3)C2)n1. The quantitative estimate of drug-likeness (QED) is 0.799. The molecule has 0 radical (unpaired) electrons. The number of alkyl halides is 3. The standard InChI is InChI=1S/C19H22F3N3O/c1-13(17-4-3-5-18(24-17)26-2)25-7-6-14(12-25)8-15-9-16(11-23-10-15)19(20,21)22/h3-5,9-11,13-14H,6-8,12H2,1-2H3/t13?,14-/m1/s1. The van der Waals surface area contributed by atoms with Gasteiger partial charge in [0.1, 0.15) is 0 Å². The minimum absolute atomic E-state index is 0.134. The Morgan fingerprint density at radius 3 is 2.85 bits per heavy atom. The van der Waals surface area contributed by atoms with Gasteiger partial charge in [0, 0.05) is 31.0 Å². The molecule has 0 saturated carbocycles. The van der Waals surface area contributed by atoms with E-state index in [0.29, 0.717) is 23.8 Å². The molecular formula is C19H22F3N3O. The lowest BCUT2D eigenvalue weighted by Gasteiger charge is -2.24. The van der Waals surface area contributed by atoms with E-state index in [4.69, 9.17) is 4.74 Å². The van der Waals surface area contributed by atoms with E-state index in [1.165, 1.54) is 12.3 Å².